The molecule has 5 rings (SSSR count). The fraction of sp³-hybridized carbons (Fsp3) is 0.286. The molecule has 8 nitrogen and oxygen atoms in total. The zero-order valence-electron chi connectivity index (χ0n) is 16.1. The monoisotopic (exact) mass is 390 g/mol. The average molecular weight is 390 g/mol. The summed E-state index contributed by atoms with van der Waals surface area (Å²) in [7, 11) is 1.86. The highest BCUT2D eigenvalue weighted by Gasteiger charge is 2.28. The van der Waals surface area contributed by atoms with Gasteiger partial charge in [0.1, 0.15) is 42.2 Å². The summed E-state index contributed by atoms with van der Waals surface area (Å²) in [5.74, 6) is 2.08. The summed E-state index contributed by atoms with van der Waals surface area (Å²) in [6, 6.07) is 11.6. The van der Waals surface area contributed by atoms with Gasteiger partial charge in [0.25, 0.3) is 0 Å². The van der Waals surface area contributed by atoms with Gasteiger partial charge in [-0.05, 0) is 43.2 Å². The molecule has 0 radical (unpaired) electrons. The van der Waals surface area contributed by atoms with Crippen LogP contribution in [0.3, 0.4) is 0 Å². The number of benzene rings is 1. The van der Waals surface area contributed by atoms with E-state index in [-0.39, 0.29) is 12.3 Å². The van der Waals surface area contributed by atoms with E-state index in [0.717, 1.165) is 46.3 Å². The van der Waals surface area contributed by atoms with Crippen molar-refractivity contribution in [2.45, 2.75) is 25.2 Å². The highest BCUT2D eigenvalue weighted by atomic mass is 16.6. The van der Waals surface area contributed by atoms with E-state index in [0.29, 0.717) is 12.4 Å². The molecular weight excluding hydrogens is 368 g/mol. The van der Waals surface area contributed by atoms with Gasteiger partial charge >= 0.3 is 0 Å². The quantitative estimate of drug-likeness (QED) is 0.539. The standard InChI is InChI=1S/C21H22N6O2/c1-23-20-16-8-9-27(21(16)25-12-24-20)19-7-5-15(29-19)11-28-14-4-2-13-3-6-18(22)26-17(13)10-14/h2-4,6,8-10,12,15,19H,5,7,11H2,1H3,(H2,22,26)(H,23,24,25). The average Bonchev–Trinajstić information content (AvgIpc) is 3.38. The maximum Gasteiger partial charge on any atom is 0.147 e. The zero-order chi connectivity index (χ0) is 19.8. The minimum absolute atomic E-state index is 0.0209. The molecule has 1 aliphatic heterocycles. The second kappa shape index (κ2) is 7.21. The summed E-state index contributed by atoms with van der Waals surface area (Å²) in [4.78, 5) is 13.0. The van der Waals surface area contributed by atoms with Crippen LogP contribution in [0.15, 0.2) is 48.9 Å². The molecule has 1 aliphatic rings. The van der Waals surface area contributed by atoms with Crippen molar-refractivity contribution in [3.8, 4) is 5.75 Å². The minimum Gasteiger partial charge on any atom is -0.491 e. The van der Waals surface area contributed by atoms with Crippen molar-refractivity contribution in [2.24, 2.45) is 0 Å². The lowest BCUT2D eigenvalue weighted by Gasteiger charge is -2.16. The first-order valence-electron chi connectivity index (χ1n) is 9.65. The fourth-order valence-electron chi connectivity index (χ4n) is 3.81. The van der Waals surface area contributed by atoms with Gasteiger partial charge in [0.15, 0.2) is 0 Å². The number of nitrogens with two attached hydrogens (primary N) is 1. The molecule has 1 aromatic carbocycles. The third-order valence-corrected chi connectivity index (χ3v) is 5.26. The largest absolute Gasteiger partial charge is 0.491 e. The van der Waals surface area contributed by atoms with Crippen LogP contribution in [0.4, 0.5) is 11.6 Å². The van der Waals surface area contributed by atoms with Crippen molar-refractivity contribution in [3.05, 3.63) is 48.9 Å². The Bertz CT molecular complexity index is 1170. The third-order valence-electron chi connectivity index (χ3n) is 5.26. The first-order chi connectivity index (χ1) is 14.2. The van der Waals surface area contributed by atoms with Gasteiger partial charge < -0.3 is 25.1 Å². The van der Waals surface area contributed by atoms with E-state index in [1.54, 1.807) is 12.4 Å². The second-order valence-corrected chi connectivity index (χ2v) is 7.12. The van der Waals surface area contributed by atoms with Crippen molar-refractivity contribution in [2.75, 3.05) is 24.7 Å². The van der Waals surface area contributed by atoms with Gasteiger partial charge in [-0.25, -0.2) is 15.0 Å². The van der Waals surface area contributed by atoms with E-state index in [2.05, 4.69) is 24.8 Å². The molecule has 1 saturated heterocycles. The summed E-state index contributed by atoms with van der Waals surface area (Å²) in [5, 5.41) is 5.12. The van der Waals surface area contributed by atoms with Crippen molar-refractivity contribution >= 4 is 33.6 Å². The molecule has 0 spiro atoms. The smallest absolute Gasteiger partial charge is 0.147 e. The van der Waals surface area contributed by atoms with E-state index in [4.69, 9.17) is 15.2 Å². The van der Waals surface area contributed by atoms with E-state index >= 15 is 0 Å². The highest BCUT2D eigenvalue weighted by molar-refractivity contribution is 5.87. The van der Waals surface area contributed by atoms with E-state index in [1.807, 2.05) is 43.6 Å². The van der Waals surface area contributed by atoms with Crippen LogP contribution in [0.1, 0.15) is 19.1 Å². The summed E-state index contributed by atoms with van der Waals surface area (Å²) in [6.07, 6.45) is 5.37. The Labute approximate surface area is 167 Å². The number of pyridine rings is 1. The molecule has 4 aromatic rings. The number of nitrogen functional groups attached to an aromatic ring is 1. The fourth-order valence-corrected chi connectivity index (χ4v) is 3.81. The summed E-state index contributed by atoms with van der Waals surface area (Å²) < 4.78 is 14.3. The Morgan fingerprint density at radius 2 is 2.10 bits per heavy atom. The molecule has 4 heterocycles. The Morgan fingerprint density at radius 3 is 3.00 bits per heavy atom. The number of nitrogens with one attached hydrogen (secondary N) is 1. The van der Waals surface area contributed by atoms with Crippen molar-refractivity contribution < 1.29 is 9.47 Å². The molecule has 3 N–H and O–H groups in total. The zero-order valence-corrected chi connectivity index (χ0v) is 16.1. The predicted molar refractivity (Wildman–Crippen MR) is 112 cm³/mol. The predicted octanol–water partition coefficient (Wildman–Crippen LogP) is 3.36. The number of nitrogens with zero attached hydrogens (tertiary/aromatic N) is 4. The van der Waals surface area contributed by atoms with Crippen LogP contribution in [0, 0.1) is 0 Å². The van der Waals surface area contributed by atoms with Crippen molar-refractivity contribution in [1.29, 1.82) is 0 Å². The van der Waals surface area contributed by atoms with E-state index in [1.165, 1.54) is 0 Å². The van der Waals surface area contributed by atoms with Crippen molar-refractivity contribution in [3.63, 3.8) is 0 Å². The van der Waals surface area contributed by atoms with Crippen LogP contribution >= 0.6 is 0 Å². The Hall–Kier alpha value is -3.39. The molecule has 0 bridgehead atoms. The molecule has 148 valence electrons. The molecule has 2 unspecified atom stereocenters. The van der Waals surface area contributed by atoms with Crippen LogP contribution in [0.2, 0.25) is 0 Å². The van der Waals surface area contributed by atoms with Crippen LogP contribution in [0.5, 0.6) is 5.75 Å². The van der Waals surface area contributed by atoms with Gasteiger partial charge in [0.2, 0.25) is 0 Å². The number of rotatable bonds is 5. The van der Waals surface area contributed by atoms with Crippen molar-refractivity contribution in [1.82, 2.24) is 19.5 Å². The molecule has 3 aromatic heterocycles. The maximum absolute atomic E-state index is 6.24. The summed E-state index contributed by atoms with van der Waals surface area (Å²) in [5.41, 5.74) is 7.47. The number of fused-ring (bicyclic) bond motifs is 2. The molecule has 2 atom stereocenters. The second-order valence-electron chi connectivity index (χ2n) is 7.12. The molecule has 0 aliphatic carbocycles. The van der Waals surface area contributed by atoms with E-state index < -0.39 is 0 Å². The van der Waals surface area contributed by atoms with Crippen LogP contribution in [-0.4, -0.2) is 39.3 Å². The molecule has 0 saturated carbocycles. The number of anilines is 2. The van der Waals surface area contributed by atoms with Gasteiger partial charge in [-0.15, -0.1) is 0 Å². The highest BCUT2D eigenvalue weighted by Crippen LogP contribution is 2.32. The first kappa shape index (κ1) is 17.7. The normalized spacial score (nSPS) is 19.1. The number of hydrogen-bond acceptors (Lipinski definition) is 7. The molecule has 29 heavy (non-hydrogen) atoms. The summed E-state index contributed by atoms with van der Waals surface area (Å²) >= 11 is 0. The number of aromatic nitrogens is 4. The van der Waals surface area contributed by atoms with Gasteiger partial charge in [-0.2, -0.15) is 0 Å². The minimum atomic E-state index is -0.0567. The van der Waals surface area contributed by atoms with Gasteiger partial charge in [0.05, 0.1) is 17.0 Å². The Morgan fingerprint density at radius 1 is 1.21 bits per heavy atom. The van der Waals surface area contributed by atoms with Crippen LogP contribution in [0.25, 0.3) is 21.9 Å². The molecular formula is C21H22N6O2. The molecule has 0 amide bonds. The topological polar surface area (TPSA) is 100 Å². The molecule has 8 heteroatoms. The lowest BCUT2D eigenvalue weighted by atomic mass is 10.2. The summed E-state index contributed by atoms with van der Waals surface area (Å²) in [6.45, 7) is 0.486. The van der Waals surface area contributed by atoms with Crippen LogP contribution in [-0.2, 0) is 4.74 Å². The lowest BCUT2D eigenvalue weighted by molar-refractivity contribution is -0.0156. The first-order valence-corrected chi connectivity index (χ1v) is 9.65. The maximum atomic E-state index is 6.24. The van der Waals surface area contributed by atoms with Gasteiger partial charge in [-0.3, -0.25) is 0 Å². The lowest BCUT2D eigenvalue weighted by Crippen LogP contribution is -2.18. The van der Waals surface area contributed by atoms with Gasteiger partial charge in [-0.1, -0.05) is 0 Å². The van der Waals surface area contributed by atoms with Gasteiger partial charge in [0, 0.05) is 24.7 Å². The van der Waals surface area contributed by atoms with E-state index in [9.17, 15) is 0 Å². The number of ether oxygens (including phenoxy) is 2. The SMILES string of the molecule is CNc1ncnc2c1ccn2C1CCC(COc2ccc3ccc(N)nc3c2)O1. The Kier molecular flexibility index (Phi) is 4.40. The third kappa shape index (κ3) is 3.31. The molecule has 1 fully saturated rings. The van der Waals surface area contributed by atoms with Crippen LogP contribution < -0.4 is 15.8 Å². The Balaban J connectivity index is 1.27. The number of hydrogen-bond donors (Lipinski definition) is 2.